The maximum atomic E-state index is 13.4. The second kappa shape index (κ2) is 7.76. The van der Waals surface area contributed by atoms with E-state index >= 15 is 0 Å². The molecular weight excluding hydrogens is 381 g/mol. The molecule has 2 N–H and O–H groups in total. The lowest BCUT2D eigenvalue weighted by molar-refractivity contribution is 0.0778. The summed E-state index contributed by atoms with van der Waals surface area (Å²) in [7, 11) is 0. The molecule has 3 aromatic heterocycles. The third-order valence-corrected chi connectivity index (χ3v) is 5.82. The van der Waals surface area contributed by atoms with E-state index in [0.29, 0.717) is 35.8 Å². The summed E-state index contributed by atoms with van der Waals surface area (Å²) in [4.78, 5) is 27.6. The predicted octanol–water partition coefficient (Wildman–Crippen LogP) is 2.85. The lowest BCUT2D eigenvalue weighted by atomic mass is 10.1. The van der Waals surface area contributed by atoms with Crippen LogP contribution in [0.2, 0.25) is 0 Å². The normalized spacial score (nSPS) is 17.8. The average Bonchev–Trinajstić information content (AvgIpc) is 3.36. The van der Waals surface area contributed by atoms with Gasteiger partial charge in [-0.05, 0) is 36.4 Å². The highest BCUT2D eigenvalue weighted by Crippen LogP contribution is 2.28. The average molecular weight is 401 g/mol. The Balaban J connectivity index is 1.63. The first-order chi connectivity index (χ1) is 13.5. The van der Waals surface area contributed by atoms with Gasteiger partial charge >= 0.3 is 0 Å². The molecule has 3 aromatic rings. The SMILES string of the molecule is CC(Nc1nc(C(=O)N2CC[C@H](CO)C2)c2sccc2n1)c1cncc(F)c1. The second-order valence-electron chi connectivity index (χ2n) is 6.92. The van der Waals surface area contributed by atoms with Gasteiger partial charge in [-0.2, -0.15) is 0 Å². The molecule has 1 amide bonds. The summed E-state index contributed by atoms with van der Waals surface area (Å²) in [5, 5.41) is 14.4. The Morgan fingerprint density at radius 1 is 1.46 bits per heavy atom. The number of aliphatic hydroxyl groups excluding tert-OH is 1. The molecule has 4 rings (SSSR count). The van der Waals surface area contributed by atoms with Crippen molar-refractivity contribution in [3.63, 3.8) is 0 Å². The molecule has 1 saturated heterocycles. The Morgan fingerprint density at radius 3 is 3.07 bits per heavy atom. The van der Waals surface area contributed by atoms with Crippen LogP contribution in [0.1, 0.15) is 35.4 Å². The maximum Gasteiger partial charge on any atom is 0.274 e. The van der Waals surface area contributed by atoms with Gasteiger partial charge in [-0.1, -0.05) is 0 Å². The quantitative estimate of drug-likeness (QED) is 0.683. The molecule has 1 aliphatic heterocycles. The van der Waals surface area contributed by atoms with E-state index in [0.717, 1.165) is 17.3 Å². The van der Waals surface area contributed by atoms with E-state index in [9.17, 15) is 14.3 Å². The van der Waals surface area contributed by atoms with Crippen molar-refractivity contribution in [1.82, 2.24) is 19.9 Å². The lowest BCUT2D eigenvalue weighted by Gasteiger charge is -2.18. The molecule has 0 aliphatic carbocycles. The molecule has 1 fully saturated rings. The number of anilines is 1. The minimum Gasteiger partial charge on any atom is -0.396 e. The van der Waals surface area contributed by atoms with Gasteiger partial charge in [0.2, 0.25) is 5.95 Å². The minimum absolute atomic E-state index is 0.0773. The zero-order chi connectivity index (χ0) is 19.7. The molecule has 0 saturated carbocycles. The summed E-state index contributed by atoms with van der Waals surface area (Å²) >= 11 is 1.42. The summed E-state index contributed by atoms with van der Waals surface area (Å²) in [5.74, 6) is -0.149. The van der Waals surface area contributed by atoms with E-state index in [1.54, 1.807) is 11.1 Å². The van der Waals surface area contributed by atoms with Crippen LogP contribution in [-0.2, 0) is 0 Å². The number of hydrogen-bond acceptors (Lipinski definition) is 7. The lowest BCUT2D eigenvalue weighted by Crippen LogP contribution is -2.30. The van der Waals surface area contributed by atoms with Gasteiger partial charge in [0.05, 0.1) is 22.5 Å². The number of nitrogens with one attached hydrogen (secondary N) is 1. The van der Waals surface area contributed by atoms with Gasteiger partial charge in [0, 0.05) is 31.8 Å². The first-order valence-electron chi connectivity index (χ1n) is 9.07. The van der Waals surface area contributed by atoms with Crippen molar-refractivity contribution < 1.29 is 14.3 Å². The molecular formula is C19H20FN5O2S. The minimum atomic E-state index is -0.413. The highest BCUT2D eigenvalue weighted by atomic mass is 32.1. The number of carbonyl (C=O) groups excluding carboxylic acids is 1. The Labute approximate surface area is 165 Å². The van der Waals surface area contributed by atoms with Crippen LogP contribution in [0.3, 0.4) is 0 Å². The number of aliphatic hydroxyl groups is 1. The van der Waals surface area contributed by atoms with Crippen LogP contribution in [0.5, 0.6) is 0 Å². The van der Waals surface area contributed by atoms with Crippen molar-refractivity contribution in [3.05, 3.63) is 47.0 Å². The first kappa shape index (κ1) is 18.7. The van der Waals surface area contributed by atoms with Gasteiger partial charge < -0.3 is 15.3 Å². The van der Waals surface area contributed by atoms with Gasteiger partial charge in [-0.25, -0.2) is 14.4 Å². The fourth-order valence-electron chi connectivity index (χ4n) is 3.33. The predicted molar refractivity (Wildman–Crippen MR) is 105 cm³/mol. The van der Waals surface area contributed by atoms with Crippen molar-refractivity contribution in [2.45, 2.75) is 19.4 Å². The van der Waals surface area contributed by atoms with E-state index in [4.69, 9.17) is 0 Å². The molecule has 28 heavy (non-hydrogen) atoms. The number of hydrogen-bond donors (Lipinski definition) is 2. The summed E-state index contributed by atoms with van der Waals surface area (Å²) in [6, 6.07) is 2.96. The van der Waals surface area contributed by atoms with E-state index in [1.807, 2.05) is 18.4 Å². The third kappa shape index (κ3) is 3.67. The molecule has 1 unspecified atom stereocenters. The third-order valence-electron chi connectivity index (χ3n) is 4.91. The zero-order valence-corrected chi connectivity index (χ0v) is 16.1. The zero-order valence-electron chi connectivity index (χ0n) is 15.3. The van der Waals surface area contributed by atoms with Crippen LogP contribution in [-0.4, -0.2) is 50.6 Å². The Morgan fingerprint density at radius 2 is 2.32 bits per heavy atom. The number of fused-ring (bicyclic) bond motifs is 1. The topological polar surface area (TPSA) is 91.2 Å². The molecule has 0 radical (unpaired) electrons. The van der Waals surface area contributed by atoms with Gasteiger partial charge in [-0.15, -0.1) is 11.3 Å². The largest absolute Gasteiger partial charge is 0.396 e. The molecule has 0 aromatic carbocycles. The van der Waals surface area contributed by atoms with Crippen LogP contribution in [0.4, 0.5) is 10.3 Å². The monoisotopic (exact) mass is 401 g/mol. The van der Waals surface area contributed by atoms with E-state index < -0.39 is 5.82 Å². The van der Waals surface area contributed by atoms with Crippen molar-refractivity contribution in [1.29, 1.82) is 0 Å². The highest BCUT2D eigenvalue weighted by molar-refractivity contribution is 7.17. The molecule has 4 heterocycles. The fraction of sp³-hybridized carbons (Fsp3) is 0.368. The van der Waals surface area contributed by atoms with E-state index in [-0.39, 0.29) is 24.5 Å². The number of amides is 1. The molecule has 146 valence electrons. The number of carbonyl (C=O) groups is 1. The maximum absolute atomic E-state index is 13.4. The second-order valence-corrected chi connectivity index (χ2v) is 7.84. The highest BCUT2D eigenvalue weighted by Gasteiger charge is 2.29. The summed E-state index contributed by atoms with van der Waals surface area (Å²) in [6.45, 7) is 3.06. The van der Waals surface area contributed by atoms with Gasteiger partial charge in [0.25, 0.3) is 5.91 Å². The Bertz CT molecular complexity index is 1010. The summed E-state index contributed by atoms with van der Waals surface area (Å²) in [6.07, 6.45) is 3.52. The molecule has 9 heteroatoms. The smallest absolute Gasteiger partial charge is 0.274 e. The molecule has 7 nitrogen and oxygen atoms in total. The summed E-state index contributed by atoms with van der Waals surface area (Å²) in [5.41, 5.74) is 1.70. The fourth-order valence-corrected chi connectivity index (χ4v) is 4.14. The molecule has 2 atom stereocenters. The van der Waals surface area contributed by atoms with E-state index in [2.05, 4.69) is 20.3 Å². The Hall–Kier alpha value is -2.65. The van der Waals surface area contributed by atoms with Crippen LogP contribution in [0.25, 0.3) is 10.2 Å². The number of pyridine rings is 1. The van der Waals surface area contributed by atoms with Crippen molar-refractivity contribution in [3.8, 4) is 0 Å². The molecule has 0 spiro atoms. The number of halogens is 1. The van der Waals surface area contributed by atoms with Gasteiger partial charge in [-0.3, -0.25) is 9.78 Å². The van der Waals surface area contributed by atoms with Crippen LogP contribution in [0, 0.1) is 11.7 Å². The standard InChI is InChI=1S/C19H20FN5O2S/c1-11(13-6-14(20)8-21-7-13)22-19-23-15-3-5-28-17(15)16(24-19)18(27)25-4-2-12(9-25)10-26/h3,5-8,11-12,26H,2,4,9-10H2,1H3,(H,22,23,24)/t11?,12-/m0/s1. The molecule has 1 aliphatic rings. The van der Waals surface area contributed by atoms with Crippen molar-refractivity contribution in [2.75, 3.05) is 25.0 Å². The van der Waals surface area contributed by atoms with E-state index in [1.165, 1.54) is 17.4 Å². The first-order valence-corrected chi connectivity index (χ1v) is 9.95. The number of likely N-dealkylation sites (tertiary alicyclic amines) is 1. The number of nitrogens with zero attached hydrogens (tertiary/aromatic N) is 4. The van der Waals surface area contributed by atoms with Gasteiger partial charge in [0.15, 0.2) is 5.69 Å². The van der Waals surface area contributed by atoms with Crippen LogP contribution < -0.4 is 5.32 Å². The van der Waals surface area contributed by atoms with Crippen LogP contribution >= 0.6 is 11.3 Å². The number of rotatable bonds is 5. The summed E-state index contributed by atoms with van der Waals surface area (Å²) < 4.78 is 14.2. The van der Waals surface area contributed by atoms with Crippen molar-refractivity contribution in [2.24, 2.45) is 5.92 Å². The number of thiophene rings is 1. The number of aromatic nitrogens is 3. The van der Waals surface area contributed by atoms with Crippen molar-refractivity contribution >= 4 is 33.4 Å². The van der Waals surface area contributed by atoms with Gasteiger partial charge in [0.1, 0.15) is 5.82 Å². The van der Waals surface area contributed by atoms with Crippen LogP contribution in [0.15, 0.2) is 29.9 Å². The Kier molecular flexibility index (Phi) is 5.19. The molecule has 0 bridgehead atoms.